The van der Waals surface area contributed by atoms with Gasteiger partial charge in [-0.25, -0.2) is 4.39 Å². The zero-order valence-corrected chi connectivity index (χ0v) is 11.5. The van der Waals surface area contributed by atoms with E-state index in [9.17, 15) is 4.39 Å². The summed E-state index contributed by atoms with van der Waals surface area (Å²) in [6.45, 7) is 2.18. The number of methoxy groups -OCH3 is 1. The number of ether oxygens (including phenoxy) is 1. The summed E-state index contributed by atoms with van der Waals surface area (Å²) >= 11 is 0. The molecule has 3 heteroatoms. The first-order chi connectivity index (χ1) is 9.23. The van der Waals surface area contributed by atoms with Crippen LogP contribution in [0.15, 0.2) is 18.2 Å². The highest BCUT2D eigenvalue weighted by Crippen LogP contribution is 2.45. The predicted molar refractivity (Wildman–Crippen MR) is 73.9 cm³/mol. The highest BCUT2D eigenvalue weighted by Gasteiger charge is 2.44. The van der Waals surface area contributed by atoms with Gasteiger partial charge in [-0.3, -0.25) is 0 Å². The van der Waals surface area contributed by atoms with Crippen LogP contribution in [-0.4, -0.2) is 20.2 Å². The Morgan fingerprint density at radius 1 is 1.32 bits per heavy atom. The molecule has 0 aromatic heterocycles. The Bertz CT molecular complexity index is 450. The molecule has 2 nitrogen and oxygen atoms in total. The van der Waals surface area contributed by atoms with E-state index in [1.165, 1.54) is 32.8 Å². The summed E-state index contributed by atoms with van der Waals surface area (Å²) in [5, 5.41) is 3.42. The third-order valence-electron chi connectivity index (χ3n) is 4.95. The molecule has 0 amide bonds. The van der Waals surface area contributed by atoms with Crippen LogP contribution in [0.25, 0.3) is 0 Å². The zero-order valence-electron chi connectivity index (χ0n) is 11.5. The molecule has 1 aliphatic carbocycles. The van der Waals surface area contributed by atoms with Crippen LogP contribution in [0.3, 0.4) is 0 Å². The second-order valence-electron chi connectivity index (χ2n) is 6.09. The van der Waals surface area contributed by atoms with Crippen LogP contribution < -0.4 is 10.1 Å². The molecule has 3 rings (SSSR count). The first-order valence-electron chi connectivity index (χ1n) is 7.27. The Labute approximate surface area is 114 Å². The minimum atomic E-state index is -0.242. The van der Waals surface area contributed by atoms with Crippen molar-refractivity contribution < 1.29 is 9.13 Å². The molecule has 1 saturated carbocycles. The third kappa shape index (κ3) is 2.36. The van der Waals surface area contributed by atoms with Gasteiger partial charge in [0.1, 0.15) is 0 Å². The van der Waals surface area contributed by atoms with Gasteiger partial charge in [-0.1, -0.05) is 18.9 Å². The molecule has 1 saturated heterocycles. The molecule has 1 aromatic carbocycles. The minimum Gasteiger partial charge on any atom is -0.494 e. The van der Waals surface area contributed by atoms with Crippen LogP contribution in [0.4, 0.5) is 4.39 Å². The second kappa shape index (κ2) is 5.12. The molecule has 1 heterocycles. The summed E-state index contributed by atoms with van der Waals surface area (Å²) in [6, 6.07) is 5.41. The maximum Gasteiger partial charge on any atom is 0.165 e. The fraction of sp³-hybridized carbons (Fsp3) is 0.625. The average molecular weight is 263 g/mol. The van der Waals surface area contributed by atoms with Crippen molar-refractivity contribution in [3.8, 4) is 5.75 Å². The van der Waals surface area contributed by atoms with Crippen LogP contribution >= 0.6 is 0 Å². The van der Waals surface area contributed by atoms with Crippen molar-refractivity contribution >= 4 is 0 Å². The fourth-order valence-electron chi connectivity index (χ4n) is 3.77. The maximum absolute atomic E-state index is 13.8. The number of rotatable bonds is 4. The van der Waals surface area contributed by atoms with E-state index in [-0.39, 0.29) is 5.82 Å². The van der Waals surface area contributed by atoms with Gasteiger partial charge in [0.15, 0.2) is 11.6 Å². The molecule has 1 N–H and O–H groups in total. The summed E-state index contributed by atoms with van der Waals surface area (Å²) < 4.78 is 18.8. The monoisotopic (exact) mass is 263 g/mol. The van der Waals surface area contributed by atoms with E-state index in [2.05, 4.69) is 5.32 Å². The standard InChI is InChI=1S/C16H22FNO/c1-19-15-7-6-12(8-14(15)17)9-16(10-18-11-16)13-4-2-3-5-13/h6-8,13,18H,2-5,9-11H2,1H3. The van der Waals surface area contributed by atoms with E-state index in [0.717, 1.165) is 31.0 Å². The Balaban J connectivity index is 1.77. The number of hydrogen-bond donors (Lipinski definition) is 1. The first kappa shape index (κ1) is 12.9. The lowest BCUT2D eigenvalue weighted by Gasteiger charge is -2.48. The molecule has 2 aliphatic rings. The van der Waals surface area contributed by atoms with Crippen LogP contribution in [0.5, 0.6) is 5.75 Å². The lowest BCUT2D eigenvalue weighted by Crippen LogP contribution is -2.58. The Hall–Kier alpha value is -1.09. The van der Waals surface area contributed by atoms with E-state index in [1.807, 2.05) is 6.07 Å². The Morgan fingerprint density at radius 3 is 2.58 bits per heavy atom. The van der Waals surface area contributed by atoms with Crippen molar-refractivity contribution in [3.05, 3.63) is 29.6 Å². The van der Waals surface area contributed by atoms with Crippen LogP contribution in [0.2, 0.25) is 0 Å². The van der Waals surface area contributed by atoms with E-state index in [0.29, 0.717) is 11.2 Å². The normalized spacial score (nSPS) is 22.2. The van der Waals surface area contributed by atoms with Gasteiger partial charge in [-0.15, -0.1) is 0 Å². The van der Waals surface area contributed by atoms with E-state index >= 15 is 0 Å². The molecule has 1 aliphatic heterocycles. The summed E-state index contributed by atoms with van der Waals surface area (Å²) in [5.74, 6) is 0.915. The molecule has 0 unspecified atom stereocenters. The molecule has 0 spiro atoms. The first-order valence-corrected chi connectivity index (χ1v) is 7.27. The highest BCUT2D eigenvalue weighted by atomic mass is 19.1. The molecule has 104 valence electrons. The van der Waals surface area contributed by atoms with Crippen molar-refractivity contribution in [1.82, 2.24) is 5.32 Å². The molecule has 1 aromatic rings. The molecule has 0 bridgehead atoms. The summed E-state index contributed by atoms with van der Waals surface area (Å²) in [4.78, 5) is 0. The summed E-state index contributed by atoms with van der Waals surface area (Å²) in [7, 11) is 1.51. The smallest absolute Gasteiger partial charge is 0.165 e. The number of nitrogens with one attached hydrogen (secondary N) is 1. The van der Waals surface area contributed by atoms with Crippen molar-refractivity contribution in [1.29, 1.82) is 0 Å². The zero-order chi connectivity index (χ0) is 13.3. The molecule has 0 radical (unpaired) electrons. The van der Waals surface area contributed by atoms with Gasteiger partial charge < -0.3 is 10.1 Å². The summed E-state index contributed by atoms with van der Waals surface area (Å²) in [6.07, 6.45) is 6.42. The molecular formula is C16H22FNO. The van der Waals surface area contributed by atoms with Gasteiger partial charge in [0.05, 0.1) is 7.11 Å². The predicted octanol–water partition coefficient (Wildman–Crippen LogP) is 3.16. The number of halogens is 1. The van der Waals surface area contributed by atoms with Gasteiger partial charge in [0.25, 0.3) is 0 Å². The minimum absolute atomic E-state index is 0.242. The van der Waals surface area contributed by atoms with Gasteiger partial charge in [-0.05, 0) is 42.9 Å². The molecule has 0 atom stereocenters. The second-order valence-corrected chi connectivity index (χ2v) is 6.09. The lowest BCUT2D eigenvalue weighted by atomic mass is 9.66. The van der Waals surface area contributed by atoms with Gasteiger partial charge >= 0.3 is 0 Å². The van der Waals surface area contributed by atoms with Crippen molar-refractivity contribution in [2.45, 2.75) is 32.1 Å². The van der Waals surface area contributed by atoms with E-state index in [1.54, 1.807) is 12.1 Å². The van der Waals surface area contributed by atoms with Crippen molar-refractivity contribution in [2.24, 2.45) is 11.3 Å². The van der Waals surface area contributed by atoms with Crippen molar-refractivity contribution in [2.75, 3.05) is 20.2 Å². The van der Waals surface area contributed by atoms with E-state index < -0.39 is 0 Å². The van der Waals surface area contributed by atoms with Crippen LogP contribution in [0, 0.1) is 17.2 Å². The van der Waals surface area contributed by atoms with Gasteiger partial charge in [0, 0.05) is 18.5 Å². The third-order valence-corrected chi connectivity index (χ3v) is 4.95. The average Bonchev–Trinajstić information content (AvgIpc) is 2.88. The van der Waals surface area contributed by atoms with Crippen LogP contribution in [0.1, 0.15) is 31.2 Å². The number of hydrogen-bond acceptors (Lipinski definition) is 2. The maximum atomic E-state index is 13.8. The quantitative estimate of drug-likeness (QED) is 0.901. The topological polar surface area (TPSA) is 21.3 Å². The van der Waals surface area contributed by atoms with Gasteiger partial charge in [0.2, 0.25) is 0 Å². The molecular weight excluding hydrogens is 241 g/mol. The van der Waals surface area contributed by atoms with Crippen LogP contribution in [-0.2, 0) is 6.42 Å². The van der Waals surface area contributed by atoms with Crippen molar-refractivity contribution in [3.63, 3.8) is 0 Å². The fourth-order valence-corrected chi connectivity index (χ4v) is 3.77. The van der Waals surface area contributed by atoms with E-state index in [4.69, 9.17) is 4.74 Å². The molecule has 2 fully saturated rings. The van der Waals surface area contributed by atoms with Gasteiger partial charge in [-0.2, -0.15) is 0 Å². The lowest BCUT2D eigenvalue weighted by molar-refractivity contribution is 0.0811. The molecule has 19 heavy (non-hydrogen) atoms. The number of benzene rings is 1. The summed E-state index contributed by atoms with van der Waals surface area (Å²) in [5.41, 5.74) is 1.48. The Kier molecular flexibility index (Phi) is 3.48. The SMILES string of the molecule is COc1ccc(CC2(C3CCCC3)CNC2)cc1F. The Morgan fingerprint density at radius 2 is 2.05 bits per heavy atom. The largest absolute Gasteiger partial charge is 0.494 e. The highest BCUT2D eigenvalue weighted by molar-refractivity contribution is 5.30.